The largest absolute Gasteiger partial charge is 0.390 e. The van der Waals surface area contributed by atoms with E-state index < -0.39 is 0 Å². The van der Waals surface area contributed by atoms with Gasteiger partial charge in [-0.15, -0.1) is 5.10 Å². The summed E-state index contributed by atoms with van der Waals surface area (Å²) in [5, 5.41) is 21.6. The molecule has 3 N–H and O–H groups in total. The monoisotopic (exact) mass is 289 g/mol. The van der Waals surface area contributed by atoms with Crippen molar-refractivity contribution in [1.29, 1.82) is 0 Å². The number of aromatic nitrogens is 3. The Hall–Kier alpha value is -2.74. The van der Waals surface area contributed by atoms with Crippen molar-refractivity contribution >= 4 is 23.2 Å². The van der Waals surface area contributed by atoms with Gasteiger partial charge in [0.15, 0.2) is 0 Å². The van der Waals surface area contributed by atoms with Crippen LogP contribution in [0.3, 0.4) is 0 Å². The number of anilines is 2. The second-order valence-electron chi connectivity index (χ2n) is 4.37. The van der Waals surface area contributed by atoms with Crippen LogP contribution >= 0.6 is 0 Å². The lowest BCUT2D eigenvalue weighted by atomic mass is 10.2. The van der Waals surface area contributed by atoms with Crippen molar-refractivity contribution in [3.63, 3.8) is 0 Å². The molecule has 1 aromatic carbocycles. The minimum atomic E-state index is -0.267. The SMILES string of the molecule is CC(=O)Nc1ccc(NC(=O)Cn2cc(CO)nn2)cc1. The third kappa shape index (κ3) is 4.39. The average molecular weight is 289 g/mol. The van der Waals surface area contributed by atoms with E-state index in [1.807, 2.05) is 0 Å². The molecular weight excluding hydrogens is 274 g/mol. The Morgan fingerprint density at radius 3 is 2.33 bits per heavy atom. The predicted molar refractivity (Wildman–Crippen MR) is 75.3 cm³/mol. The van der Waals surface area contributed by atoms with Crippen molar-refractivity contribution in [3.05, 3.63) is 36.2 Å². The summed E-state index contributed by atoms with van der Waals surface area (Å²) in [4.78, 5) is 22.7. The van der Waals surface area contributed by atoms with Crippen LogP contribution in [-0.2, 0) is 22.7 Å². The molecule has 0 radical (unpaired) electrons. The number of carbonyl (C=O) groups excluding carboxylic acids is 2. The Balaban J connectivity index is 1.91. The van der Waals surface area contributed by atoms with E-state index >= 15 is 0 Å². The molecule has 21 heavy (non-hydrogen) atoms. The van der Waals surface area contributed by atoms with Crippen LogP contribution < -0.4 is 10.6 Å². The maximum atomic E-state index is 11.8. The van der Waals surface area contributed by atoms with Gasteiger partial charge in [-0.2, -0.15) is 0 Å². The van der Waals surface area contributed by atoms with Crippen molar-refractivity contribution < 1.29 is 14.7 Å². The molecule has 1 heterocycles. The molecule has 2 aromatic rings. The number of nitrogens with zero attached hydrogens (tertiary/aromatic N) is 3. The second kappa shape index (κ2) is 6.62. The Kier molecular flexibility index (Phi) is 4.62. The van der Waals surface area contributed by atoms with E-state index in [1.165, 1.54) is 17.8 Å². The quantitative estimate of drug-likeness (QED) is 0.736. The first-order valence-electron chi connectivity index (χ1n) is 6.24. The van der Waals surface area contributed by atoms with Gasteiger partial charge in [-0.25, -0.2) is 4.68 Å². The van der Waals surface area contributed by atoms with Crippen molar-refractivity contribution in [2.45, 2.75) is 20.1 Å². The lowest BCUT2D eigenvalue weighted by Crippen LogP contribution is -2.19. The third-order valence-corrected chi connectivity index (χ3v) is 2.54. The number of aliphatic hydroxyl groups excluding tert-OH is 1. The maximum absolute atomic E-state index is 11.8. The summed E-state index contributed by atoms with van der Waals surface area (Å²) in [5.41, 5.74) is 1.67. The molecular formula is C13H15N5O3. The summed E-state index contributed by atoms with van der Waals surface area (Å²) >= 11 is 0. The molecule has 0 unspecified atom stereocenters. The highest BCUT2D eigenvalue weighted by Crippen LogP contribution is 2.13. The van der Waals surface area contributed by atoms with Crippen LogP contribution in [0.25, 0.3) is 0 Å². The van der Waals surface area contributed by atoms with Gasteiger partial charge in [0, 0.05) is 18.3 Å². The summed E-state index contributed by atoms with van der Waals surface area (Å²) in [6, 6.07) is 6.75. The zero-order valence-electron chi connectivity index (χ0n) is 11.4. The Morgan fingerprint density at radius 1 is 1.19 bits per heavy atom. The van der Waals surface area contributed by atoms with Crippen molar-refractivity contribution in [1.82, 2.24) is 15.0 Å². The molecule has 0 aliphatic heterocycles. The van der Waals surface area contributed by atoms with Crippen LogP contribution in [0.5, 0.6) is 0 Å². The van der Waals surface area contributed by atoms with Crippen LogP contribution in [0.4, 0.5) is 11.4 Å². The van der Waals surface area contributed by atoms with E-state index in [4.69, 9.17) is 5.11 Å². The number of nitrogens with one attached hydrogen (secondary N) is 2. The molecule has 2 rings (SSSR count). The smallest absolute Gasteiger partial charge is 0.246 e. The summed E-state index contributed by atoms with van der Waals surface area (Å²) < 4.78 is 1.34. The summed E-state index contributed by atoms with van der Waals surface area (Å²) in [5.74, 6) is -0.422. The normalized spacial score (nSPS) is 10.2. The maximum Gasteiger partial charge on any atom is 0.246 e. The summed E-state index contributed by atoms with van der Waals surface area (Å²) in [6.07, 6.45) is 1.50. The van der Waals surface area contributed by atoms with E-state index in [0.717, 1.165) is 0 Å². The Labute approximate surface area is 120 Å². The minimum Gasteiger partial charge on any atom is -0.390 e. The number of carbonyl (C=O) groups is 2. The highest BCUT2D eigenvalue weighted by molar-refractivity contribution is 5.92. The molecule has 0 fully saturated rings. The highest BCUT2D eigenvalue weighted by Gasteiger charge is 2.06. The van der Waals surface area contributed by atoms with Gasteiger partial charge in [-0.05, 0) is 24.3 Å². The molecule has 1 aromatic heterocycles. The van der Waals surface area contributed by atoms with Gasteiger partial charge >= 0.3 is 0 Å². The van der Waals surface area contributed by atoms with Gasteiger partial charge in [0.05, 0.1) is 12.8 Å². The molecule has 0 saturated heterocycles. The molecule has 8 heteroatoms. The van der Waals surface area contributed by atoms with Crippen molar-refractivity contribution in [2.75, 3.05) is 10.6 Å². The van der Waals surface area contributed by atoms with Crippen LogP contribution in [0.15, 0.2) is 30.5 Å². The number of aliphatic hydroxyl groups is 1. The molecule has 8 nitrogen and oxygen atoms in total. The van der Waals surface area contributed by atoms with Crippen LogP contribution in [0, 0.1) is 0 Å². The van der Waals surface area contributed by atoms with Gasteiger partial charge in [0.25, 0.3) is 0 Å². The Bertz CT molecular complexity index is 636. The fourth-order valence-corrected chi connectivity index (χ4v) is 1.68. The first-order chi connectivity index (χ1) is 10.1. The van der Waals surface area contributed by atoms with Gasteiger partial charge in [-0.1, -0.05) is 5.21 Å². The molecule has 0 aliphatic rings. The number of benzene rings is 1. The molecule has 0 atom stereocenters. The number of rotatable bonds is 5. The van der Waals surface area contributed by atoms with Crippen molar-refractivity contribution in [3.8, 4) is 0 Å². The first-order valence-corrected chi connectivity index (χ1v) is 6.24. The van der Waals surface area contributed by atoms with Gasteiger partial charge in [-0.3, -0.25) is 9.59 Å². The van der Waals surface area contributed by atoms with Crippen molar-refractivity contribution in [2.24, 2.45) is 0 Å². The predicted octanol–water partition coefficient (Wildman–Crippen LogP) is 0.367. The first kappa shape index (κ1) is 14.7. The second-order valence-corrected chi connectivity index (χ2v) is 4.37. The molecule has 2 amide bonds. The molecule has 0 aliphatic carbocycles. The van der Waals surface area contributed by atoms with E-state index in [2.05, 4.69) is 20.9 Å². The topological polar surface area (TPSA) is 109 Å². The van der Waals surface area contributed by atoms with E-state index in [1.54, 1.807) is 24.3 Å². The van der Waals surface area contributed by atoms with Crippen LogP contribution in [0.1, 0.15) is 12.6 Å². The average Bonchev–Trinajstić information content (AvgIpc) is 2.88. The van der Waals surface area contributed by atoms with Gasteiger partial charge in [0.2, 0.25) is 11.8 Å². The number of hydrogen-bond donors (Lipinski definition) is 3. The zero-order valence-corrected chi connectivity index (χ0v) is 11.4. The van der Waals surface area contributed by atoms with E-state index in [-0.39, 0.29) is 25.0 Å². The Morgan fingerprint density at radius 2 is 1.81 bits per heavy atom. The summed E-state index contributed by atoms with van der Waals surface area (Å²) in [7, 11) is 0. The van der Waals surface area contributed by atoms with E-state index in [9.17, 15) is 9.59 Å². The molecule has 0 saturated carbocycles. The summed E-state index contributed by atoms with van der Waals surface area (Å²) in [6.45, 7) is 1.21. The zero-order chi connectivity index (χ0) is 15.2. The lowest BCUT2D eigenvalue weighted by Gasteiger charge is -2.06. The molecule has 0 spiro atoms. The molecule has 110 valence electrons. The third-order valence-electron chi connectivity index (χ3n) is 2.54. The minimum absolute atomic E-state index is 0.000444. The van der Waals surface area contributed by atoms with Gasteiger partial charge in [0.1, 0.15) is 12.2 Å². The highest BCUT2D eigenvalue weighted by atomic mass is 16.3. The lowest BCUT2D eigenvalue weighted by molar-refractivity contribution is -0.117. The van der Waals surface area contributed by atoms with Gasteiger partial charge < -0.3 is 15.7 Å². The molecule has 0 bridgehead atoms. The standard InChI is InChI=1S/C13H15N5O3/c1-9(20)14-10-2-4-11(5-3-10)15-13(21)7-18-6-12(8-19)16-17-18/h2-6,19H,7-8H2,1H3,(H,14,20)(H,15,21). The van der Waals surface area contributed by atoms with Crippen LogP contribution in [0.2, 0.25) is 0 Å². The number of amides is 2. The van der Waals surface area contributed by atoms with Crippen LogP contribution in [-0.4, -0.2) is 31.9 Å². The fourth-order valence-electron chi connectivity index (χ4n) is 1.68. The fraction of sp³-hybridized carbons (Fsp3) is 0.231. The van der Waals surface area contributed by atoms with E-state index in [0.29, 0.717) is 17.1 Å². The number of hydrogen-bond acceptors (Lipinski definition) is 5.